The van der Waals surface area contributed by atoms with Crippen molar-refractivity contribution in [3.8, 4) is 5.75 Å². The number of nitrogens with one attached hydrogen (secondary N) is 4. The van der Waals surface area contributed by atoms with Crippen LogP contribution in [0.1, 0.15) is 20.8 Å². The second kappa shape index (κ2) is 7.84. The summed E-state index contributed by atoms with van der Waals surface area (Å²) >= 11 is 0. The van der Waals surface area contributed by atoms with Gasteiger partial charge in [-0.1, -0.05) is 6.07 Å². The lowest BCUT2D eigenvalue weighted by Crippen LogP contribution is -2.15. The molecule has 3 heterocycles. The van der Waals surface area contributed by atoms with Crippen LogP contribution in [0.25, 0.3) is 21.8 Å². The Morgan fingerprint density at radius 3 is 2.66 bits per heavy atom. The molecule has 5 rings (SSSR count). The lowest BCUT2D eigenvalue weighted by atomic mass is 10.1. The number of hydrogen-bond donors (Lipinski definition) is 4. The van der Waals surface area contributed by atoms with Crippen LogP contribution in [0.2, 0.25) is 0 Å². The number of anilines is 2. The maximum Gasteiger partial charge on any atom is 0.276 e. The van der Waals surface area contributed by atoms with E-state index in [9.17, 15) is 9.59 Å². The third-order valence-electron chi connectivity index (χ3n) is 4.88. The van der Waals surface area contributed by atoms with E-state index < -0.39 is 5.91 Å². The van der Waals surface area contributed by atoms with Crippen molar-refractivity contribution in [1.29, 1.82) is 0 Å². The zero-order valence-corrected chi connectivity index (χ0v) is 16.8. The summed E-state index contributed by atoms with van der Waals surface area (Å²) in [6.45, 7) is 0. The molecule has 0 atom stereocenters. The molecule has 5 aromatic rings. The van der Waals surface area contributed by atoms with Crippen LogP contribution in [0.5, 0.6) is 5.75 Å². The average Bonchev–Trinajstić information content (AvgIpc) is 3.47. The molecule has 0 aliphatic carbocycles. The van der Waals surface area contributed by atoms with Gasteiger partial charge in [0.15, 0.2) is 0 Å². The Balaban J connectivity index is 1.41. The number of carbonyl (C=O) groups excluding carboxylic acids is 2. The van der Waals surface area contributed by atoms with E-state index in [-0.39, 0.29) is 17.5 Å². The minimum Gasteiger partial charge on any atom is -0.497 e. The second-order valence-electron chi connectivity index (χ2n) is 6.92. The van der Waals surface area contributed by atoms with Crippen molar-refractivity contribution in [2.75, 3.05) is 17.7 Å². The number of carbonyl (C=O) groups is 2. The summed E-state index contributed by atoms with van der Waals surface area (Å²) in [5.41, 5.74) is 1.58. The molecule has 3 aromatic heterocycles. The van der Waals surface area contributed by atoms with Crippen molar-refractivity contribution in [2.45, 2.75) is 0 Å². The van der Waals surface area contributed by atoms with Crippen LogP contribution in [0.15, 0.2) is 61.1 Å². The van der Waals surface area contributed by atoms with Crippen LogP contribution in [-0.2, 0) is 0 Å². The maximum absolute atomic E-state index is 12.8. The van der Waals surface area contributed by atoms with E-state index in [4.69, 9.17) is 4.74 Å². The molecule has 158 valence electrons. The SMILES string of the molecule is COc1ccc2cnc(C(=O)Nc3nc4c(C(=O)Nc5ncc[nH]5)cccc4[nH]3)cc2c1. The fraction of sp³-hybridized carbons (Fsp3) is 0.0455. The highest BCUT2D eigenvalue weighted by molar-refractivity contribution is 6.11. The largest absolute Gasteiger partial charge is 0.497 e. The number of methoxy groups -OCH3 is 1. The molecule has 2 aromatic carbocycles. The second-order valence-corrected chi connectivity index (χ2v) is 6.92. The first-order chi connectivity index (χ1) is 15.6. The first-order valence-corrected chi connectivity index (χ1v) is 9.65. The highest BCUT2D eigenvalue weighted by Crippen LogP contribution is 2.22. The highest BCUT2D eigenvalue weighted by atomic mass is 16.5. The molecule has 0 bridgehead atoms. The number of nitrogens with zero attached hydrogens (tertiary/aromatic N) is 3. The molecule has 4 N–H and O–H groups in total. The number of ether oxygens (including phenoxy) is 1. The molecule has 0 aliphatic heterocycles. The summed E-state index contributed by atoms with van der Waals surface area (Å²) in [5, 5.41) is 7.08. The van der Waals surface area contributed by atoms with Crippen LogP contribution < -0.4 is 15.4 Å². The standard InChI is InChI=1S/C22H17N7O3/c1-32-14-6-5-12-11-25-17(10-13(12)9-14)20(31)29-22-26-16-4-2-3-15(18(16)27-22)19(30)28-21-23-7-8-24-21/h2-11H,1H3,(H2,23,24,28,30)(H2,26,27,29,31). The lowest BCUT2D eigenvalue weighted by Gasteiger charge is -2.05. The Labute approximate surface area is 181 Å². The Morgan fingerprint density at radius 1 is 0.969 bits per heavy atom. The maximum atomic E-state index is 12.8. The lowest BCUT2D eigenvalue weighted by molar-refractivity contribution is 0.101. The van der Waals surface area contributed by atoms with E-state index in [1.165, 1.54) is 6.20 Å². The molecule has 0 aliphatic rings. The van der Waals surface area contributed by atoms with E-state index in [2.05, 4.69) is 35.6 Å². The van der Waals surface area contributed by atoms with Gasteiger partial charge >= 0.3 is 0 Å². The number of para-hydroxylation sites is 1. The molecular weight excluding hydrogens is 410 g/mol. The molecule has 0 unspecified atom stereocenters. The number of aromatic amines is 2. The Hall–Kier alpha value is -4.73. The van der Waals surface area contributed by atoms with Crippen molar-refractivity contribution in [3.05, 3.63) is 72.3 Å². The van der Waals surface area contributed by atoms with Crippen molar-refractivity contribution in [2.24, 2.45) is 0 Å². The van der Waals surface area contributed by atoms with Crippen LogP contribution >= 0.6 is 0 Å². The van der Waals surface area contributed by atoms with Crippen LogP contribution in [0, 0.1) is 0 Å². The van der Waals surface area contributed by atoms with Gasteiger partial charge in [0, 0.05) is 24.0 Å². The number of benzene rings is 2. The summed E-state index contributed by atoms with van der Waals surface area (Å²) in [5.74, 6) is 0.411. The fourth-order valence-electron chi connectivity index (χ4n) is 3.32. The number of aromatic nitrogens is 5. The first-order valence-electron chi connectivity index (χ1n) is 9.65. The Morgan fingerprint density at radius 2 is 1.84 bits per heavy atom. The first kappa shape index (κ1) is 19.2. The predicted molar refractivity (Wildman–Crippen MR) is 119 cm³/mol. The van der Waals surface area contributed by atoms with Gasteiger partial charge < -0.3 is 14.7 Å². The van der Waals surface area contributed by atoms with Gasteiger partial charge in [-0.2, -0.15) is 0 Å². The van der Waals surface area contributed by atoms with Gasteiger partial charge in [0.2, 0.25) is 11.9 Å². The van der Waals surface area contributed by atoms with E-state index in [0.29, 0.717) is 28.3 Å². The van der Waals surface area contributed by atoms with Crippen LogP contribution in [0.3, 0.4) is 0 Å². The highest BCUT2D eigenvalue weighted by Gasteiger charge is 2.17. The molecule has 0 saturated carbocycles. The molecule has 0 fully saturated rings. The smallest absolute Gasteiger partial charge is 0.276 e. The third-order valence-corrected chi connectivity index (χ3v) is 4.88. The summed E-state index contributed by atoms with van der Waals surface area (Å²) in [6.07, 6.45) is 4.77. The molecule has 0 radical (unpaired) electrons. The average molecular weight is 427 g/mol. The number of fused-ring (bicyclic) bond motifs is 2. The molecule has 10 nitrogen and oxygen atoms in total. The number of pyridine rings is 1. The number of imidazole rings is 2. The summed E-state index contributed by atoms with van der Waals surface area (Å²) < 4.78 is 5.24. The zero-order chi connectivity index (χ0) is 22.1. The Bertz CT molecular complexity index is 1460. The van der Waals surface area contributed by atoms with E-state index in [0.717, 1.165) is 10.8 Å². The van der Waals surface area contributed by atoms with Gasteiger partial charge in [-0.25, -0.2) is 9.97 Å². The van der Waals surface area contributed by atoms with Gasteiger partial charge in [0.05, 0.1) is 18.2 Å². The van der Waals surface area contributed by atoms with E-state index in [1.54, 1.807) is 43.8 Å². The third kappa shape index (κ3) is 3.60. The fourth-order valence-corrected chi connectivity index (χ4v) is 3.32. The number of rotatable bonds is 5. The topological polar surface area (TPSA) is 138 Å². The van der Waals surface area contributed by atoms with Crippen molar-refractivity contribution < 1.29 is 14.3 Å². The quantitative estimate of drug-likeness (QED) is 0.339. The summed E-state index contributed by atoms with van der Waals surface area (Å²) in [4.78, 5) is 43.8. The van der Waals surface area contributed by atoms with Crippen molar-refractivity contribution >= 4 is 45.5 Å². The minimum absolute atomic E-state index is 0.204. The van der Waals surface area contributed by atoms with Crippen LogP contribution in [-0.4, -0.2) is 43.8 Å². The number of hydrogen-bond acceptors (Lipinski definition) is 6. The minimum atomic E-state index is -0.435. The molecule has 10 heteroatoms. The molecule has 2 amide bonds. The van der Waals surface area contributed by atoms with Gasteiger partial charge in [0.25, 0.3) is 11.8 Å². The van der Waals surface area contributed by atoms with Crippen molar-refractivity contribution in [1.82, 2.24) is 24.9 Å². The summed E-state index contributed by atoms with van der Waals surface area (Å²) in [7, 11) is 1.58. The Kier molecular flexibility index (Phi) is 4.71. The van der Waals surface area contributed by atoms with Gasteiger partial charge in [-0.3, -0.25) is 25.2 Å². The zero-order valence-electron chi connectivity index (χ0n) is 16.8. The molecule has 0 spiro atoms. The van der Waals surface area contributed by atoms with E-state index in [1.807, 2.05) is 18.2 Å². The van der Waals surface area contributed by atoms with Gasteiger partial charge in [-0.05, 0) is 41.8 Å². The predicted octanol–water partition coefficient (Wildman–Crippen LogP) is 3.35. The molecule has 32 heavy (non-hydrogen) atoms. The number of H-pyrrole nitrogens is 2. The van der Waals surface area contributed by atoms with Crippen LogP contribution in [0.4, 0.5) is 11.9 Å². The number of amides is 2. The normalized spacial score (nSPS) is 10.9. The van der Waals surface area contributed by atoms with Gasteiger partial charge in [0.1, 0.15) is 17.0 Å². The van der Waals surface area contributed by atoms with Crippen molar-refractivity contribution in [3.63, 3.8) is 0 Å². The molecular formula is C22H17N7O3. The van der Waals surface area contributed by atoms with Gasteiger partial charge in [-0.15, -0.1) is 0 Å². The molecule has 0 saturated heterocycles. The summed E-state index contributed by atoms with van der Waals surface area (Å²) in [6, 6.07) is 12.3. The van der Waals surface area contributed by atoms with E-state index >= 15 is 0 Å². The monoisotopic (exact) mass is 427 g/mol.